The first-order valence-corrected chi connectivity index (χ1v) is 8.23. The van der Waals surface area contributed by atoms with E-state index in [0.29, 0.717) is 25.3 Å². The monoisotopic (exact) mass is 340 g/mol. The molecule has 0 unspecified atom stereocenters. The third-order valence-corrected chi connectivity index (χ3v) is 4.46. The van der Waals surface area contributed by atoms with Crippen LogP contribution in [0.2, 0.25) is 0 Å². The van der Waals surface area contributed by atoms with Crippen LogP contribution in [0.5, 0.6) is 0 Å². The van der Waals surface area contributed by atoms with Gasteiger partial charge in [-0.1, -0.05) is 12.8 Å². The maximum Gasteiger partial charge on any atom is 0.405 e. The molecule has 3 atom stereocenters. The van der Waals surface area contributed by atoms with Gasteiger partial charge in [0.15, 0.2) is 0 Å². The Bertz CT molecular complexity index is 520. The van der Waals surface area contributed by atoms with Gasteiger partial charge in [-0.15, -0.1) is 0 Å². The summed E-state index contributed by atoms with van der Waals surface area (Å²) in [6, 6.07) is -1.92. The standard InChI is InChI=1S/C15H24N4O5/c16-12(20)10(7-9-2-1-5-17-13(9)21)18-14(22)11(19-15(23)24)6-8-3-4-8/h8-11,19H,1-7H2,(H2,16,20)(H,17,21)(H,18,22)(H,23,24)/t9-,10-,11-/m0/s1. The first-order valence-electron chi connectivity index (χ1n) is 8.23. The summed E-state index contributed by atoms with van der Waals surface area (Å²) < 4.78 is 0. The van der Waals surface area contributed by atoms with Crippen LogP contribution in [0.4, 0.5) is 4.79 Å². The predicted octanol–water partition coefficient (Wildman–Crippen LogP) is -0.691. The quantitative estimate of drug-likeness (QED) is 0.396. The zero-order valence-electron chi connectivity index (χ0n) is 13.4. The van der Waals surface area contributed by atoms with Crippen molar-refractivity contribution in [3.05, 3.63) is 0 Å². The highest BCUT2D eigenvalue weighted by molar-refractivity contribution is 5.91. The molecule has 1 aliphatic heterocycles. The smallest absolute Gasteiger partial charge is 0.405 e. The zero-order valence-corrected chi connectivity index (χ0v) is 13.4. The fourth-order valence-electron chi connectivity index (χ4n) is 2.93. The number of carbonyl (C=O) groups excluding carboxylic acids is 3. The van der Waals surface area contributed by atoms with E-state index >= 15 is 0 Å². The molecule has 0 bridgehead atoms. The Morgan fingerprint density at radius 3 is 2.42 bits per heavy atom. The van der Waals surface area contributed by atoms with E-state index in [1.165, 1.54) is 0 Å². The average Bonchev–Trinajstić information content (AvgIpc) is 3.31. The van der Waals surface area contributed by atoms with E-state index < -0.39 is 30.0 Å². The van der Waals surface area contributed by atoms with Crippen LogP contribution in [0.25, 0.3) is 0 Å². The van der Waals surface area contributed by atoms with Gasteiger partial charge in [0.05, 0.1) is 0 Å². The summed E-state index contributed by atoms with van der Waals surface area (Å²) in [6.07, 6.45) is 2.59. The molecule has 1 aliphatic carbocycles. The van der Waals surface area contributed by atoms with E-state index in [9.17, 15) is 19.2 Å². The lowest BCUT2D eigenvalue weighted by atomic mass is 9.91. The predicted molar refractivity (Wildman–Crippen MR) is 83.8 cm³/mol. The topological polar surface area (TPSA) is 151 Å². The summed E-state index contributed by atoms with van der Waals surface area (Å²) in [5.41, 5.74) is 5.34. The van der Waals surface area contributed by atoms with Gasteiger partial charge in [-0.05, 0) is 31.6 Å². The fraction of sp³-hybridized carbons (Fsp3) is 0.733. The SMILES string of the molecule is NC(=O)[C@H](C[C@@H]1CCCNC1=O)NC(=O)[C@H](CC1CC1)NC(=O)O. The van der Waals surface area contributed by atoms with Crippen LogP contribution in [-0.2, 0) is 14.4 Å². The third kappa shape index (κ3) is 5.39. The Morgan fingerprint density at radius 1 is 1.17 bits per heavy atom. The Hall–Kier alpha value is -2.32. The number of rotatable bonds is 8. The van der Waals surface area contributed by atoms with Gasteiger partial charge in [0.25, 0.3) is 0 Å². The molecule has 0 aromatic rings. The zero-order chi connectivity index (χ0) is 17.7. The van der Waals surface area contributed by atoms with Crippen LogP contribution < -0.4 is 21.7 Å². The van der Waals surface area contributed by atoms with Crippen molar-refractivity contribution in [2.45, 2.75) is 50.6 Å². The minimum atomic E-state index is -1.29. The van der Waals surface area contributed by atoms with Gasteiger partial charge in [-0.3, -0.25) is 14.4 Å². The van der Waals surface area contributed by atoms with Crippen molar-refractivity contribution in [3.63, 3.8) is 0 Å². The fourth-order valence-corrected chi connectivity index (χ4v) is 2.93. The van der Waals surface area contributed by atoms with Crippen molar-refractivity contribution < 1.29 is 24.3 Å². The number of carbonyl (C=O) groups is 4. The third-order valence-electron chi connectivity index (χ3n) is 4.46. The van der Waals surface area contributed by atoms with Crippen LogP contribution in [0.15, 0.2) is 0 Å². The van der Waals surface area contributed by atoms with Gasteiger partial charge in [-0.2, -0.15) is 0 Å². The van der Waals surface area contributed by atoms with E-state index in [2.05, 4.69) is 16.0 Å². The summed E-state index contributed by atoms with van der Waals surface area (Å²) in [7, 11) is 0. The average molecular weight is 340 g/mol. The highest BCUT2D eigenvalue weighted by Gasteiger charge is 2.34. The lowest BCUT2D eigenvalue weighted by molar-refractivity contribution is -0.131. The minimum Gasteiger partial charge on any atom is -0.465 e. The summed E-state index contributed by atoms with van der Waals surface area (Å²) >= 11 is 0. The second kappa shape index (κ2) is 7.98. The van der Waals surface area contributed by atoms with Gasteiger partial charge >= 0.3 is 6.09 Å². The van der Waals surface area contributed by atoms with Gasteiger partial charge < -0.3 is 26.8 Å². The van der Waals surface area contributed by atoms with Crippen molar-refractivity contribution in [1.82, 2.24) is 16.0 Å². The molecule has 9 heteroatoms. The summed E-state index contributed by atoms with van der Waals surface area (Å²) in [5, 5.41) is 16.3. The molecule has 2 rings (SSSR count). The van der Waals surface area contributed by atoms with Crippen molar-refractivity contribution >= 4 is 23.8 Å². The summed E-state index contributed by atoms with van der Waals surface area (Å²) in [6.45, 7) is 0.606. The van der Waals surface area contributed by atoms with Crippen LogP contribution in [0.3, 0.4) is 0 Å². The first-order chi connectivity index (χ1) is 11.4. The van der Waals surface area contributed by atoms with Gasteiger partial charge in [0.2, 0.25) is 17.7 Å². The lowest BCUT2D eigenvalue weighted by Crippen LogP contribution is -2.54. The lowest BCUT2D eigenvalue weighted by Gasteiger charge is -2.26. The molecule has 1 saturated heterocycles. The van der Waals surface area contributed by atoms with Crippen molar-refractivity contribution in [2.75, 3.05) is 6.54 Å². The number of nitrogens with one attached hydrogen (secondary N) is 3. The van der Waals surface area contributed by atoms with E-state index in [0.717, 1.165) is 19.3 Å². The normalized spacial score (nSPS) is 22.8. The maximum atomic E-state index is 12.3. The van der Waals surface area contributed by atoms with Crippen LogP contribution >= 0.6 is 0 Å². The van der Waals surface area contributed by atoms with Gasteiger partial charge in [0.1, 0.15) is 12.1 Å². The number of nitrogens with two attached hydrogens (primary N) is 1. The molecule has 0 spiro atoms. The van der Waals surface area contributed by atoms with Crippen LogP contribution in [0.1, 0.15) is 38.5 Å². The van der Waals surface area contributed by atoms with E-state index in [-0.39, 0.29) is 18.2 Å². The highest BCUT2D eigenvalue weighted by Crippen LogP contribution is 2.33. The van der Waals surface area contributed by atoms with E-state index in [1.807, 2.05) is 0 Å². The molecule has 1 heterocycles. The number of amides is 4. The molecule has 6 N–H and O–H groups in total. The molecular weight excluding hydrogens is 316 g/mol. The molecule has 0 radical (unpaired) electrons. The summed E-state index contributed by atoms with van der Waals surface area (Å²) in [5.74, 6) is -1.53. The van der Waals surface area contributed by atoms with Crippen molar-refractivity contribution in [2.24, 2.45) is 17.6 Å². The number of piperidine rings is 1. The molecule has 9 nitrogen and oxygen atoms in total. The Balaban J connectivity index is 1.96. The van der Waals surface area contributed by atoms with Crippen molar-refractivity contribution in [1.29, 1.82) is 0 Å². The number of hydrogen-bond acceptors (Lipinski definition) is 4. The number of carboxylic acid groups (broad SMARTS) is 1. The summed E-state index contributed by atoms with van der Waals surface area (Å²) in [4.78, 5) is 46.6. The molecule has 1 saturated carbocycles. The molecule has 134 valence electrons. The maximum absolute atomic E-state index is 12.3. The molecule has 0 aromatic heterocycles. The second-order valence-electron chi connectivity index (χ2n) is 6.51. The van der Waals surface area contributed by atoms with Crippen LogP contribution in [-0.4, -0.2) is 47.5 Å². The molecule has 4 amide bonds. The number of primary amides is 1. The molecule has 2 aliphatic rings. The van der Waals surface area contributed by atoms with E-state index in [1.54, 1.807) is 0 Å². The molecule has 2 fully saturated rings. The molecule has 24 heavy (non-hydrogen) atoms. The molecule has 0 aromatic carbocycles. The Labute approximate surface area is 139 Å². The minimum absolute atomic E-state index is 0.121. The number of hydrogen-bond donors (Lipinski definition) is 5. The molecular formula is C15H24N4O5. The highest BCUT2D eigenvalue weighted by atomic mass is 16.4. The van der Waals surface area contributed by atoms with Gasteiger partial charge in [0, 0.05) is 12.5 Å². The second-order valence-corrected chi connectivity index (χ2v) is 6.51. The Kier molecular flexibility index (Phi) is 5.99. The van der Waals surface area contributed by atoms with E-state index in [4.69, 9.17) is 10.8 Å². The van der Waals surface area contributed by atoms with Crippen molar-refractivity contribution in [3.8, 4) is 0 Å². The first kappa shape index (κ1) is 18.0. The largest absolute Gasteiger partial charge is 0.465 e. The Morgan fingerprint density at radius 2 is 1.88 bits per heavy atom. The van der Waals surface area contributed by atoms with Crippen LogP contribution in [0, 0.1) is 11.8 Å². The van der Waals surface area contributed by atoms with Gasteiger partial charge in [-0.25, -0.2) is 4.79 Å².